The molecule has 0 bridgehead atoms. The van der Waals surface area contributed by atoms with Crippen LogP contribution in [0.4, 0.5) is 0 Å². The standard InChI is InChI=1S/C10H11BrO/c11-8-10-5-2-1-4-9(10)6-3-7-12/h1-6,12H,7-8H2/b6-3+. The summed E-state index contributed by atoms with van der Waals surface area (Å²) in [5.74, 6) is 0. The van der Waals surface area contributed by atoms with Gasteiger partial charge in [0.25, 0.3) is 0 Å². The average Bonchev–Trinajstić information content (AvgIpc) is 2.15. The van der Waals surface area contributed by atoms with Crippen molar-refractivity contribution in [1.82, 2.24) is 0 Å². The number of rotatable bonds is 3. The molecule has 1 nitrogen and oxygen atoms in total. The molecule has 2 heteroatoms. The molecule has 0 atom stereocenters. The summed E-state index contributed by atoms with van der Waals surface area (Å²) in [5.41, 5.74) is 2.39. The van der Waals surface area contributed by atoms with Gasteiger partial charge in [-0.1, -0.05) is 52.3 Å². The molecule has 0 fully saturated rings. The molecular weight excluding hydrogens is 216 g/mol. The second-order valence-electron chi connectivity index (χ2n) is 2.42. The lowest BCUT2D eigenvalue weighted by Gasteiger charge is -2.00. The molecule has 1 rings (SSSR count). The Morgan fingerprint density at radius 3 is 2.75 bits per heavy atom. The van der Waals surface area contributed by atoms with Gasteiger partial charge in [0, 0.05) is 5.33 Å². The van der Waals surface area contributed by atoms with E-state index in [2.05, 4.69) is 22.0 Å². The van der Waals surface area contributed by atoms with Gasteiger partial charge in [-0.25, -0.2) is 0 Å². The lowest BCUT2D eigenvalue weighted by molar-refractivity contribution is 0.343. The third-order valence-electron chi connectivity index (χ3n) is 1.60. The SMILES string of the molecule is OC/C=C/c1ccccc1CBr. The molecule has 0 radical (unpaired) electrons. The lowest BCUT2D eigenvalue weighted by Crippen LogP contribution is -1.83. The first-order chi connectivity index (χ1) is 5.88. The number of hydrogen-bond acceptors (Lipinski definition) is 1. The average molecular weight is 227 g/mol. The molecule has 1 N–H and O–H groups in total. The van der Waals surface area contributed by atoms with E-state index in [0.717, 1.165) is 10.9 Å². The number of alkyl halides is 1. The van der Waals surface area contributed by atoms with Crippen LogP contribution in [0.15, 0.2) is 30.3 Å². The van der Waals surface area contributed by atoms with Crippen molar-refractivity contribution in [2.45, 2.75) is 5.33 Å². The van der Waals surface area contributed by atoms with E-state index in [1.54, 1.807) is 6.08 Å². The van der Waals surface area contributed by atoms with Crippen molar-refractivity contribution in [3.8, 4) is 0 Å². The first-order valence-electron chi connectivity index (χ1n) is 3.79. The minimum atomic E-state index is 0.0939. The van der Waals surface area contributed by atoms with Crippen molar-refractivity contribution in [2.75, 3.05) is 6.61 Å². The van der Waals surface area contributed by atoms with Crippen LogP contribution in [-0.4, -0.2) is 11.7 Å². The summed E-state index contributed by atoms with van der Waals surface area (Å²) >= 11 is 3.40. The van der Waals surface area contributed by atoms with E-state index in [1.807, 2.05) is 24.3 Å². The normalized spacial score (nSPS) is 10.8. The van der Waals surface area contributed by atoms with Crippen LogP contribution in [0, 0.1) is 0 Å². The smallest absolute Gasteiger partial charge is 0.0615 e. The second-order valence-corrected chi connectivity index (χ2v) is 2.98. The number of benzene rings is 1. The predicted octanol–water partition coefficient (Wildman–Crippen LogP) is 2.59. The molecule has 64 valence electrons. The zero-order valence-corrected chi connectivity index (χ0v) is 8.29. The number of aliphatic hydroxyl groups excluding tert-OH is 1. The van der Waals surface area contributed by atoms with E-state index in [4.69, 9.17) is 5.11 Å². The Balaban J connectivity index is 2.89. The van der Waals surface area contributed by atoms with Gasteiger partial charge in [-0.2, -0.15) is 0 Å². The van der Waals surface area contributed by atoms with Gasteiger partial charge in [0.1, 0.15) is 0 Å². The molecule has 0 aromatic heterocycles. The van der Waals surface area contributed by atoms with Gasteiger partial charge in [0.15, 0.2) is 0 Å². The zero-order valence-electron chi connectivity index (χ0n) is 6.70. The second kappa shape index (κ2) is 5.12. The highest BCUT2D eigenvalue weighted by Crippen LogP contribution is 2.13. The van der Waals surface area contributed by atoms with Gasteiger partial charge in [-0.15, -0.1) is 0 Å². The summed E-state index contributed by atoms with van der Waals surface area (Å²) in [6, 6.07) is 8.09. The largest absolute Gasteiger partial charge is 0.392 e. The molecule has 0 unspecified atom stereocenters. The van der Waals surface area contributed by atoms with E-state index in [9.17, 15) is 0 Å². The molecule has 12 heavy (non-hydrogen) atoms. The van der Waals surface area contributed by atoms with Crippen LogP contribution in [0.5, 0.6) is 0 Å². The van der Waals surface area contributed by atoms with Gasteiger partial charge in [-0.05, 0) is 11.1 Å². The van der Waals surface area contributed by atoms with Crippen LogP contribution in [-0.2, 0) is 5.33 Å². The molecular formula is C10H11BrO. The maximum absolute atomic E-state index is 8.59. The fourth-order valence-corrected chi connectivity index (χ4v) is 1.51. The maximum Gasteiger partial charge on any atom is 0.0615 e. The van der Waals surface area contributed by atoms with Crippen LogP contribution in [0.3, 0.4) is 0 Å². The molecule has 1 aromatic carbocycles. The lowest BCUT2D eigenvalue weighted by atomic mass is 10.1. The summed E-state index contributed by atoms with van der Waals surface area (Å²) in [4.78, 5) is 0. The topological polar surface area (TPSA) is 20.2 Å². The maximum atomic E-state index is 8.59. The van der Waals surface area contributed by atoms with Crippen LogP contribution in [0.2, 0.25) is 0 Å². The van der Waals surface area contributed by atoms with Crippen LogP contribution < -0.4 is 0 Å². The molecule has 0 spiro atoms. The highest BCUT2D eigenvalue weighted by atomic mass is 79.9. The zero-order chi connectivity index (χ0) is 8.81. The minimum absolute atomic E-state index is 0.0939. The van der Waals surface area contributed by atoms with Crippen molar-refractivity contribution in [3.05, 3.63) is 41.5 Å². The first kappa shape index (κ1) is 9.49. The molecule has 1 aromatic rings. The molecule has 0 amide bonds. The van der Waals surface area contributed by atoms with Gasteiger partial charge in [0.2, 0.25) is 0 Å². The van der Waals surface area contributed by atoms with Crippen LogP contribution in [0.1, 0.15) is 11.1 Å². The monoisotopic (exact) mass is 226 g/mol. The fraction of sp³-hybridized carbons (Fsp3) is 0.200. The molecule has 0 heterocycles. The van der Waals surface area contributed by atoms with Crippen molar-refractivity contribution in [1.29, 1.82) is 0 Å². The van der Waals surface area contributed by atoms with Crippen molar-refractivity contribution in [2.24, 2.45) is 0 Å². The number of hydrogen-bond donors (Lipinski definition) is 1. The summed E-state index contributed by atoms with van der Waals surface area (Å²) in [6.07, 6.45) is 3.66. The summed E-state index contributed by atoms with van der Waals surface area (Å²) < 4.78 is 0. The Bertz CT molecular complexity index is 268. The quantitative estimate of drug-likeness (QED) is 0.787. The van der Waals surface area contributed by atoms with E-state index >= 15 is 0 Å². The summed E-state index contributed by atoms with van der Waals surface area (Å²) in [5, 5.41) is 9.44. The van der Waals surface area contributed by atoms with Crippen molar-refractivity contribution < 1.29 is 5.11 Å². The Morgan fingerprint density at radius 1 is 1.33 bits per heavy atom. The minimum Gasteiger partial charge on any atom is -0.392 e. The van der Waals surface area contributed by atoms with Gasteiger partial charge >= 0.3 is 0 Å². The van der Waals surface area contributed by atoms with E-state index in [0.29, 0.717) is 0 Å². The van der Waals surface area contributed by atoms with Crippen molar-refractivity contribution >= 4 is 22.0 Å². The Labute approximate surface area is 80.9 Å². The summed E-state index contributed by atoms with van der Waals surface area (Å²) in [6.45, 7) is 0.0939. The van der Waals surface area contributed by atoms with E-state index < -0.39 is 0 Å². The van der Waals surface area contributed by atoms with Gasteiger partial charge in [-0.3, -0.25) is 0 Å². The number of halogens is 1. The van der Waals surface area contributed by atoms with E-state index in [1.165, 1.54) is 5.56 Å². The fourth-order valence-electron chi connectivity index (χ4n) is 0.998. The Morgan fingerprint density at radius 2 is 2.08 bits per heavy atom. The van der Waals surface area contributed by atoms with E-state index in [-0.39, 0.29) is 6.61 Å². The number of aliphatic hydroxyl groups is 1. The third-order valence-corrected chi connectivity index (χ3v) is 2.21. The molecule has 0 aliphatic carbocycles. The van der Waals surface area contributed by atoms with Gasteiger partial charge < -0.3 is 5.11 Å². The predicted molar refractivity (Wildman–Crippen MR) is 55.2 cm³/mol. The molecule has 0 aliphatic heterocycles. The molecule has 0 saturated heterocycles. The Kier molecular flexibility index (Phi) is 4.05. The van der Waals surface area contributed by atoms with Gasteiger partial charge in [0.05, 0.1) is 6.61 Å². The molecule has 0 saturated carbocycles. The van der Waals surface area contributed by atoms with Crippen molar-refractivity contribution in [3.63, 3.8) is 0 Å². The highest BCUT2D eigenvalue weighted by molar-refractivity contribution is 9.08. The molecule has 0 aliphatic rings. The van der Waals surface area contributed by atoms with Crippen LogP contribution in [0.25, 0.3) is 6.08 Å². The van der Waals surface area contributed by atoms with Crippen LogP contribution >= 0.6 is 15.9 Å². The summed E-state index contributed by atoms with van der Waals surface area (Å²) in [7, 11) is 0. The first-order valence-corrected chi connectivity index (χ1v) is 4.92. The third kappa shape index (κ3) is 2.47. The highest BCUT2D eigenvalue weighted by Gasteiger charge is 1.94. The Hall–Kier alpha value is -0.600.